The monoisotopic (exact) mass is 343 g/mol. The number of imidazole rings is 1. The average Bonchev–Trinajstić information content (AvgIpc) is 3.22. The number of fused-ring (bicyclic) bond motifs is 1. The van der Waals surface area contributed by atoms with Crippen molar-refractivity contribution in [2.75, 3.05) is 18.0 Å². The van der Waals surface area contributed by atoms with E-state index >= 15 is 0 Å². The molecule has 1 aliphatic heterocycles. The minimum atomic E-state index is -0.499. The molecule has 1 atom stereocenters. The third-order valence-electron chi connectivity index (χ3n) is 4.81. The van der Waals surface area contributed by atoms with Gasteiger partial charge in [-0.05, 0) is 37.1 Å². The van der Waals surface area contributed by atoms with E-state index in [0.717, 1.165) is 53.6 Å². The van der Waals surface area contributed by atoms with Gasteiger partial charge in [-0.3, -0.25) is 0 Å². The van der Waals surface area contributed by atoms with Crippen LogP contribution in [0.2, 0.25) is 0 Å². The molecule has 0 aromatic carbocycles. The molecule has 1 aliphatic rings. The standard InChI is InChI=1S/C17H21N5OS/c1-11-19-13-5-10-24-15(13)17(20-11)22-7-3-12(4-8-22)14(23)16-18-6-9-21(16)2/h5-6,9-10,12,14,23H,3-4,7-8H2,1-2H3/t14-/m1/s1. The molecule has 0 aliphatic carbocycles. The number of anilines is 1. The fourth-order valence-electron chi connectivity index (χ4n) is 3.48. The van der Waals surface area contributed by atoms with Crippen LogP contribution in [-0.4, -0.2) is 37.7 Å². The van der Waals surface area contributed by atoms with Gasteiger partial charge in [0.05, 0.1) is 10.2 Å². The van der Waals surface area contributed by atoms with Crippen molar-refractivity contribution in [1.29, 1.82) is 0 Å². The SMILES string of the molecule is Cc1nc(N2CCC([C@@H](O)c3nccn3C)CC2)c2sccc2n1. The Labute approximate surface area is 144 Å². The van der Waals surface area contributed by atoms with E-state index in [1.165, 1.54) is 0 Å². The fourth-order valence-corrected chi connectivity index (χ4v) is 4.32. The second kappa shape index (κ2) is 6.14. The summed E-state index contributed by atoms with van der Waals surface area (Å²) in [6.07, 6.45) is 4.99. The molecule has 1 N–H and O–H groups in total. The zero-order valence-electron chi connectivity index (χ0n) is 13.9. The quantitative estimate of drug-likeness (QED) is 0.792. The number of aromatic nitrogens is 4. The van der Waals surface area contributed by atoms with Crippen molar-refractivity contribution in [3.8, 4) is 0 Å². The molecule has 4 heterocycles. The van der Waals surface area contributed by atoms with E-state index in [-0.39, 0.29) is 5.92 Å². The molecule has 1 fully saturated rings. The highest BCUT2D eigenvalue weighted by Gasteiger charge is 2.29. The topological polar surface area (TPSA) is 67.1 Å². The van der Waals surface area contributed by atoms with Crippen LogP contribution < -0.4 is 4.90 Å². The lowest BCUT2D eigenvalue weighted by molar-refractivity contribution is 0.0824. The molecule has 24 heavy (non-hydrogen) atoms. The van der Waals surface area contributed by atoms with Gasteiger partial charge < -0.3 is 14.6 Å². The number of piperidine rings is 1. The number of rotatable bonds is 3. The van der Waals surface area contributed by atoms with Gasteiger partial charge in [-0.2, -0.15) is 0 Å². The van der Waals surface area contributed by atoms with Crippen LogP contribution in [0.1, 0.15) is 30.6 Å². The summed E-state index contributed by atoms with van der Waals surface area (Å²) in [6, 6.07) is 2.05. The van der Waals surface area contributed by atoms with E-state index in [0.29, 0.717) is 0 Å². The lowest BCUT2D eigenvalue weighted by Gasteiger charge is -2.34. The second-order valence-electron chi connectivity index (χ2n) is 6.40. The average molecular weight is 343 g/mol. The van der Waals surface area contributed by atoms with E-state index in [1.807, 2.05) is 24.7 Å². The highest BCUT2D eigenvalue weighted by atomic mass is 32.1. The summed E-state index contributed by atoms with van der Waals surface area (Å²) < 4.78 is 3.06. The fraction of sp³-hybridized carbons (Fsp3) is 0.471. The van der Waals surface area contributed by atoms with E-state index in [9.17, 15) is 5.11 Å². The first-order valence-corrected chi connectivity index (χ1v) is 9.13. The predicted octanol–water partition coefficient (Wildman–Crippen LogP) is 2.68. The van der Waals surface area contributed by atoms with Crippen molar-refractivity contribution in [1.82, 2.24) is 19.5 Å². The van der Waals surface area contributed by atoms with Gasteiger partial charge in [-0.25, -0.2) is 15.0 Å². The van der Waals surface area contributed by atoms with Gasteiger partial charge in [0.25, 0.3) is 0 Å². The van der Waals surface area contributed by atoms with Crippen LogP contribution >= 0.6 is 11.3 Å². The number of aryl methyl sites for hydroxylation is 2. The minimum absolute atomic E-state index is 0.240. The summed E-state index contributed by atoms with van der Waals surface area (Å²) >= 11 is 1.69. The molecule has 0 bridgehead atoms. The molecule has 0 spiro atoms. The van der Waals surface area contributed by atoms with Crippen molar-refractivity contribution in [2.24, 2.45) is 13.0 Å². The maximum atomic E-state index is 10.6. The summed E-state index contributed by atoms with van der Waals surface area (Å²) in [6.45, 7) is 3.74. The molecular weight excluding hydrogens is 322 g/mol. The Morgan fingerprint density at radius 1 is 1.29 bits per heavy atom. The van der Waals surface area contributed by atoms with Gasteiger partial charge in [-0.1, -0.05) is 0 Å². The van der Waals surface area contributed by atoms with Crippen molar-refractivity contribution in [3.63, 3.8) is 0 Å². The van der Waals surface area contributed by atoms with E-state index in [1.54, 1.807) is 17.5 Å². The first kappa shape index (κ1) is 15.5. The van der Waals surface area contributed by atoms with Gasteiger partial charge in [-0.15, -0.1) is 11.3 Å². The highest BCUT2D eigenvalue weighted by Crippen LogP contribution is 2.34. The molecule has 0 amide bonds. The molecule has 0 saturated carbocycles. The van der Waals surface area contributed by atoms with Crippen LogP contribution in [0.15, 0.2) is 23.8 Å². The van der Waals surface area contributed by atoms with Crippen LogP contribution in [0.3, 0.4) is 0 Å². The molecule has 7 heteroatoms. The molecule has 0 radical (unpaired) electrons. The summed E-state index contributed by atoms with van der Waals surface area (Å²) in [4.78, 5) is 15.8. The van der Waals surface area contributed by atoms with Crippen LogP contribution in [0, 0.1) is 12.8 Å². The molecule has 0 unspecified atom stereocenters. The van der Waals surface area contributed by atoms with Crippen LogP contribution in [0.4, 0.5) is 5.82 Å². The van der Waals surface area contributed by atoms with Crippen molar-refractivity contribution < 1.29 is 5.11 Å². The number of aliphatic hydroxyl groups is 1. The first-order valence-electron chi connectivity index (χ1n) is 8.25. The number of nitrogens with zero attached hydrogens (tertiary/aromatic N) is 5. The Bertz CT molecular complexity index is 850. The van der Waals surface area contributed by atoms with Crippen molar-refractivity contribution in [2.45, 2.75) is 25.9 Å². The van der Waals surface area contributed by atoms with E-state index in [4.69, 9.17) is 0 Å². The summed E-state index contributed by atoms with van der Waals surface area (Å²) in [5.74, 6) is 2.85. The number of thiophene rings is 1. The maximum absolute atomic E-state index is 10.6. The van der Waals surface area contributed by atoms with E-state index in [2.05, 4.69) is 31.3 Å². The Hall–Kier alpha value is -1.99. The van der Waals surface area contributed by atoms with Gasteiger partial charge >= 0.3 is 0 Å². The number of hydrogen-bond acceptors (Lipinski definition) is 6. The van der Waals surface area contributed by atoms with Crippen molar-refractivity contribution in [3.05, 3.63) is 35.5 Å². The molecule has 6 nitrogen and oxygen atoms in total. The number of aliphatic hydroxyl groups excluding tert-OH is 1. The molecular formula is C17H21N5OS. The third kappa shape index (κ3) is 2.67. The molecule has 1 saturated heterocycles. The summed E-state index contributed by atoms with van der Waals surface area (Å²) in [5.41, 5.74) is 1.03. The predicted molar refractivity (Wildman–Crippen MR) is 95.3 cm³/mol. The third-order valence-corrected chi connectivity index (χ3v) is 5.71. The molecule has 3 aromatic rings. The maximum Gasteiger partial charge on any atom is 0.150 e. The van der Waals surface area contributed by atoms with Crippen LogP contribution in [0.25, 0.3) is 10.2 Å². The molecule has 126 valence electrons. The number of hydrogen-bond donors (Lipinski definition) is 1. The minimum Gasteiger partial charge on any atom is -0.385 e. The summed E-state index contributed by atoms with van der Waals surface area (Å²) in [5, 5.41) is 12.7. The molecule has 4 rings (SSSR count). The Balaban J connectivity index is 1.51. The normalized spacial score (nSPS) is 17.5. The Morgan fingerprint density at radius 2 is 2.08 bits per heavy atom. The van der Waals surface area contributed by atoms with Crippen LogP contribution in [0.5, 0.6) is 0 Å². The lowest BCUT2D eigenvalue weighted by atomic mass is 9.90. The van der Waals surface area contributed by atoms with Gasteiger partial charge in [0.15, 0.2) is 0 Å². The Kier molecular flexibility index (Phi) is 3.97. The van der Waals surface area contributed by atoms with Crippen LogP contribution in [-0.2, 0) is 7.05 Å². The van der Waals surface area contributed by atoms with Gasteiger partial charge in [0.2, 0.25) is 0 Å². The molecule has 3 aromatic heterocycles. The smallest absolute Gasteiger partial charge is 0.150 e. The first-order chi connectivity index (χ1) is 11.6. The van der Waals surface area contributed by atoms with Gasteiger partial charge in [0.1, 0.15) is 23.6 Å². The van der Waals surface area contributed by atoms with Crippen molar-refractivity contribution >= 4 is 27.4 Å². The lowest BCUT2D eigenvalue weighted by Crippen LogP contribution is -2.36. The largest absolute Gasteiger partial charge is 0.385 e. The highest BCUT2D eigenvalue weighted by molar-refractivity contribution is 7.17. The van der Waals surface area contributed by atoms with E-state index < -0.39 is 6.10 Å². The zero-order valence-corrected chi connectivity index (χ0v) is 14.7. The van der Waals surface area contributed by atoms with Gasteiger partial charge in [0, 0.05) is 32.5 Å². The zero-order chi connectivity index (χ0) is 16.7. The Morgan fingerprint density at radius 3 is 2.79 bits per heavy atom. The second-order valence-corrected chi connectivity index (χ2v) is 7.31. The summed E-state index contributed by atoms with van der Waals surface area (Å²) in [7, 11) is 1.93.